The fourth-order valence-corrected chi connectivity index (χ4v) is 3.46. The van der Waals surface area contributed by atoms with E-state index in [1.165, 1.54) is 25.0 Å². The molecule has 6 heteroatoms. The lowest BCUT2D eigenvalue weighted by Gasteiger charge is -2.34. The van der Waals surface area contributed by atoms with Gasteiger partial charge in [0.2, 0.25) is 10.0 Å². The fourth-order valence-electron chi connectivity index (χ4n) is 2.92. The lowest BCUT2D eigenvalue weighted by molar-refractivity contribution is 0.276. The molecule has 1 aliphatic carbocycles. The number of nitrogens with two attached hydrogens (primary N) is 2. The van der Waals surface area contributed by atoms with Crippen molar-refractivity contribution >= 4 is 21.4 Å². The number of nitrogens with one attached hydrogen (secondary N) is 1. The largest absolute Gasteiger partial charge is 0.397 e. The maximum atomic E-state index is 11.4. The van der Waals surface area contributed by atoms with E-state index in [-0.39, 0.29) is 4.90 Å². The average Bonchev–Trinajstić information content (AvgIpc) is 2.33. The predicted octanol–water partition coefficient (Wildman–Crippen LogP) is 2.15. The van der Waals surface area contributed by atoms with Gasteiger partial charge in [-0.3, -0.25) is 0 Å². The van der Waals surface area contributed by atoms with Gasteiger partial charge in [-0.2, -0.15) is 0 Å². The minimum atomic E-state index is -3.70. The summed E-state index contributed by atoms with van der Waals surface area (Å²) in [6.07, 6.45) is 3.42. The molecule has 20 heavy (non-hydrogen) atoms. The summed E-state index contributed by atoms with van der Waals surface area (Å²) in [6, 6.07) is 4.86. The molecular formula is C14H23N3O2S. The number of rotatable bonds is 3. The van der Waals surface area contributed by atoms with Crippen molar-refractivity contribution in [1.29, 1.82) is 0 Å². The van der Waals surface area contributed by atoms with Gasteiger partial charge in [0.05, 0.1) is 16.3 Å². The van der Waals surface area contributed by atoms with Gasteiger partial charge in [0, 0.05) is 6.04 Å². The first-order chi connectivity index (χ1) is 9.27. The number of hydrogen-bond donors (Lipinski definition) is 3. The third-order valence-electron chi connectivity index (χ3n) is 4.13. The molecule has 1 fully saturated rings. The Morgan fingerprint density at radius 2 is 1.95 bits per heavy atom. The molecule has 0 saturated heterocycles. The van der Waals surface area contributed by atoms with Crippen molar-refractivity contribution in [3.63, 3.8) is 0 Å². The Labute approximate surface area is 120 Å². The van der Waals surface area contributed by atoms with Gasteiger partial charge in [0.1, 0.15) is 0 Å². The predicted molar refractivity (Wildman–Crippen MR) is 81.8 cm³/mol. The second kappa shape index (κ2) is 5.61. The van der Waals surface area contributed by atoms with E-state index in [2.05, 4.69) is 19.2 Å². The Morgan fingerprint density at radius 3 is 2.55 bits per heavy atom. The van der Waals surface area contributed by atoms with Gasteiger partial charge in [0.15, 0.2) is 0 Å². The van der Waals surface area contributed by atoms with Crippen molar-refractivity contribution in [3.05, 3.63) is 18.2 Å². The molecule has 2 rings (SSSR count). The zero-order chi connectivity index (χ0) is 14.9. The van der Waals surface area contributed by atoms with Crippen molar-refractivity contribution in [2.24, 2.45) is 17.0 Å². The maximum absolute atomic E-state index is 11.4. The first-order valence-corrected chi connectivity index (χ1v) is 8.51. The Kier molecular flexibility index (Phi) is 4.25. The molecule has 0 heterocycles. The van der Waals surface area contributed by atoms with Gasteiger partial charge in [0.25, 0.3) is 0 Å². The second-order valence-electron chi connectivity index (χ2n) is 5.94. The molecule has 0 aromatic heterocycles. The van der Waals surface area contributed by atoms with Crippen molar-refractivity contribution in [3.8, 4) is 0 Å². The van der Waals surface area contributed by atoms with E-state index in [0.29, 0.717) is 23.3 Å². The summed E-state index contributed by atoms with van der Waals surface area (Å²) in [4.78, 5) is 0.0889. The van der Waals surface area contributed by atoms with E-state index < -0.39 is 10.0 Å². The third-order valence-corrected chi connectivity index (χ3v) is 5.04. The molecule has 1 aliphatic rings. The van der Waals surface area contributed by atoms with Crippen LogP contribution in [0.2, 0.25) is 0 Å². The average molecular weight is 297 g/mol. The Balaban J connectivity index is 2.21. The van der Waals surface area contributed by atoms with Crippen LogP contribution in [0.15, 0.2) is 23.1 Å². The van der Waals surface area contributed by atoms with Crippen molar-refractivity contribution in [2.75, 3.05) is 11.1 Å². The van der Waals surface area contributed by atoms with Crippen LogP contribution in [0, 0.1) is 11.8 Å². The molecule has 0 spiro atoms. The van der Waals surface area contributed by atoms with Gasteiger partial charge in [-0.1, -0.05) is 13.8 Å². The highest BCUT2D eigenvalue weighted by Crippen LogP contribution is 2.32. The summed E-state index contributed by atoms with van der Waals surface area (Å²) in [6.45, 7) is 4.48. The Hall–Kier alpha value is -1.27. The molecule has 5 N–H and O–H groups in total. The van der Waals surface area contributed by atoms with Crippen LogP contribution in [0.3, 0.4) is 0 Å². The molecule has 0 amide bonds. The second-order valence-corrected chi connectivity index (χ2v) is 7.50. The van der Waals surface area contributed by atoms with Gasteiger partial charge in [-0.25, -0.2) is 13.6 Å². The van der Waals surface area contributed by atoms with Crippen LogP contribution in [0.25, 0.3) is 0 Å². The Morgan fingerprint density at radius 1 is 1.25 bits per heavy atom. The number of sulfonamides is 1. The SMILES string of the molecule is CC1CCC(Nc2cc(S(N)(=O)=O)ccc2N)C(C)C1. The smallest absolute Gasteiger partial charge is 0.238 e. The summed E-state index contributed by atoms with van der Waals surface area (Å²) < 4.78 is 22.8. The van der Waals surface area contributed by atoms with Crippen molar-refractivity contribution in [2.45, 2.75) is 44.0 Å². The summed E-state index contributed by atoms with van der Waals surface area (Å²) in [5.74, 6) is 1.28. The molecular weight excluding hydrogens is 274 g/mol. The van der Waals surface area contributed by atoms with Crippen molar-refractivity contribution in [1.82, 2.24) is 0 Å². The van der Waals surface area contributed by atoms with Crippen LogP contribution in [-0.4, -0.2) is 14.5 Å². The first kappa shape index (κ1) is 15.1. The highest BCUT2D eigenvalue weighted by Gasteiger charge is 2.25. The van der Waals surface area contributed by atoms with Crippen LogP contribution < -0.4 is 16.2 Å². The number of anilines is 2. The topological polar surface area (TPSA) is 98.2 Å². The maximum Gasteiger partial charge on any atom is 0.238 e. The van der Waals surface area contributed by atoms with E-state index in [9.17, 15) is 8.42 Å². The normalized spacial score (nSPS) is 27.2. The van der Waals surface area contributed by atoms with E-state index in [1.54, 1.807) is 6.07 Å². The summed E-state index contributed by atoms with van der Waals surface area (Å²) in [7, 11) is -3.70. The van der Waals surface area contributed by atoms with Gasteiger partial charge >= 0.3 is 0 Å². The quantitative estimate of drug-likeness (QED) is 0.744. The minimum Gasteiger partial charge on any atom is -0.397 e. The number of hydrogen-bond acceptors (Lipinski definition) is 4. The first-order valence-electron chi connectivity index (χ1n) is 6.96. The van der Waals surface area contributed by atoms with Gasteiger partial charge in [-0.05, 0) is 49.3 Å². The molecule has 112 valence electrons. The van der Waals surface area contributed by atoms with E-state index >= 15 is 0 Å². The lowest BCUT2D eigenvalue weighted by atomic mass is 9.80. The minimum absolute atomic E-state index is 0.0889. The van der Waals surface area contributed by atoms with Gasteiger partial charge < -0.3 is 11.1 Å². The zero-order valence-electron chi connectivity index (χ0n) is 12.0. The molecule has 1 saturated carbocycles. The summed E-state index contributed by atoms with van der Waals surface area (Å²) in [5.41, 5.74) is 7.12. The monoisotopic (exact) mass is 297 g/mol. The molecule has 0 aliphatic heterocycles. The van der Waals surface area contributed by atoms with Crippen LogP contribution in [0.4, 0.5) is 11.4 Å². The molecule has 3 unspecified atom stereocenters. The molecule has 5 nitrogen and oxygen atoms in total. The number of nitrogen functional groups attached to an aromatic ring is 1. The van der Waals surface area contributed by atoms with Crippen LogP contribution >= 0.6 is 0 Å². The molecule has 0 radical (unpaired) electrons. The zero-order valence-corrected chi connectivity index (χ0v) is 12.8. The third kappa shape index (κ3) is 3.43. The highest BCUT2D eigenvalue weighted by atomic mass is 32.2. The van der Waals surface area contributed by atoms with Crippen LogP contribution in [0.5, 0.6) is 0 Å². The van der Waals surface area contributed by atoms with Crippen molar-refractivity contribution < 1.29 is 8.42 Å². The fraction of sp³-hybridized carbons (Fsp3) is 0.571. The Bertz CT molecular complexity index is 586. The molecule has 3 atom stereocenters. The summed E-state index contributed by atoms with van der Waals surface area (Å²) >= 11 is 0. The lowest BCUT2D eigenvalue weighted by Crippen LogP contribution is -2.33. The van der Waals surface area contributed by atoms with Crippen LogP contribution in [0.1, 0.15) is 33.1 Å². The van der Waals surface area contributed by atoms with E-state index in [0.717, 1.165) is 12.3 Å². The van der Waals surface area contributed by atoms with Gasteiger partial charge in [-0.15, -0.1) is 0 Å². The van der Waals surface area contributed by atoms with Crippen LogP contribution in [-0.2, 0) is 10.0 Å². The number of primary sulfonamides is 1. The molecule has 0 bridgehead atoms. The standard InChI is InChI=1S/C14H23N3O2S/c1-9-3-6-13(10(2)7-9)17-14-8-11(20(16,18)19)4-5-12(14)15/h4-5,8-10,13,17H,3,6-7,15H2,1-2H3,(H2,16,18,19). The molecule has 1 aromatic carbocycles. The highest BCUT2D eigenvalue weighted by molar-refractivity contribution is 7.89. The van der Waals surface area contributed by atoms with E-state index in [1.807, 2.05) is 0 Å². The number of benzene rings is 1. The van der Waals surface area contributed by atoms with E-state index in [4.69, 9.17) is 10.9 Å². The summed E-state index contributed by atoms with van der Waals surface area (Å²) in [5, 5.41) is 8.54. The molecule has 1 aromatic rings.